The van der Waals surface area contributed by atoms with Gasteiger partial charge in [0.25, 0.3) is 0 Å². The van der Waals surface area contributed by atoms with Gasteiger partial charge in [-0.3, -0.25) is 0 Å². The van der Waals surface area contributed by atoms with Crippen LogP contribution < -0.4 is 4.72 Å². The lowest BCUT2D eigenvalue weighted by molar-refractivity contribution is 0.578. The fourth-order valence-corrected chi connectivity index (χ4v) is 2.01. The Morgan fingerprint density at radius 3 is 2.31 bits per heavy atom. The Hall–Kier alpha value is -0.870. The lowest BCUT2D eigenvalue weighted by Crippen LogP contribution is -2.23. The Kier molecular flexibility index (Phi) is 4.50. The van der Waals surface area contributed by atoms with Crippen LogP contribution in [0.1, 0.15) is 30.4 Å². The minimum Gasteiger partial charge on any atom is -0.215 e. The van der Waals surface area contributed by atoms with Gasteiger partial charge in [0.05, 0.1) is 6.26 Å². The van der Waals surface area contributed by atoms with Crippen molar-refractivity contribution in [2.24, 2.45) is 0 Å². The normalized spacial score (nSPS) is 13.7. The maximum atomic E-state index is 10.9. The van der Waals surface area contributed by atoms with Crippen LogP contribution in [-0.2, 0) is 10.0 Å². The predicted octanol–water partition coefficient (Wildman–Crippen LogP) is 2.04. The molecule has 0 saturated carbocycles. The first-order chi connectivity index (χ1) is 7.38. The molecule has 1 atom stereocenters. The van der Waals surface area contributed by atoms with Crippen LogP contribution in [0.4, 0.5) is 0 Å². The highest BCUT2D eigenvalue weighted by Gasteiger charge is 2.06. The Morgan fingerprint density at radius 2 is 1.81 bits per heavy atom. The molecule has 1 unspecified atom stereocenters. The highest BCUT2D eigenvalue weighted by atomic mass is 32.2. The minimum atomic E-state index is -3.06. The van der Waals surface area contributed by atoms with Crippen LogP contribution in [0.2, 0.25) is 0 Å². The summed E-state index contributed by atoms with van der Waals surface area (Å²) >= 11 is 0. The molecule has 0 saturated heterocycles. The molecule has 1 rings (SSSR count). The third kappa shape index (κ3) is 4.77. The average Bonchev–Trinajstić information content (AvgIpc) is 2.16. The second-order valence-corrected chi connectivity index (χ2v) is 6.10. The van der Waals surface area contributed by atoms with Gasteiger partial charge in [-0.1, -0.05) is 36.8 Å². The summed E-state index contributed by atoms with van der Waals surface area (Å²) in [7, 11) is -3.06. The lowest BCUT2D eigenvalue weighted by atomic mass is 9.97. The van der Waals surface area contributed by atoms with Gasteiger partial charge in [0.15, 0.2) is 0 Å². The van der Waals surface area contributed by atoms with Crippen LogP contribution in [0.15, 0.2) is 24.3 Å². The molecule has 0 radical (unpaired) electrons. The van der Waals surface area contributed by atoms with E-state index in [1.54, 1.807) is 0 Å². The molecule has 0 amide bonds. The number of aryl methyl sites for hydroxylation is 1. The van der Waals surface area contributed by atoms with E-state index in [2.05, 4.69) is 42.8 Å². The van der Waals surface area contributed by atoms with E-state index in [0.717, 1.165) is 6.42 Å². The molecule has 0 fully saturated rings. The predicted molar refractivity (Wildman–Crippen MR) is 67.1 cm³/mol. The highest BCUT2D eigenvalue weighted by Crippen LogP contribution is 2.18. The first kappa shape index (κ1) is 13.2. The second-order valence-electron chi connectivity index (χ2n) is 4.27. The molecule has 0 aliphatic heterocycles. The summed E-state index contributed by atoms with van der Waals surface area (Å²) in [5.74, 6) is 0.370. The SMILES string of the molecule is Cc1ccc(C(C)CCNS(C)(=O)=O)cc1. The fraction of sp³-hybridized carbons (Fsp3) is 0.500. The highest BCUT2D eigenvalue weighted by molar-refractivity contribution is 7.88. The van der Waals surface area contributed by atoms with Crippen LogP contribution in [0.3, 0.4) is 0 Å². The van der Waals surface area contributed by atoms with Gasteiger partial charge in [0.2, 0.25) is 10.0 Å². The van der Waals surface area contributed by atoms with E-state index in [4.69, 9.17) is 0 Å². The quantitative estimate of drug-likeness (QED) is 0.857. The molecular formula is C12H19NO2S. The zero-order valence-corrected chi connectivity index (χ0v) is 10.8. The number of rotatable bonds is 5. The van der Waals surface area contributed by atoms with Crippen molar-refractivity contribution in [2.75, 3.05) is 12.8 Å². The molecule has 3 nitrogen and oxygen atoms in total. The number of nitrogens with one attached hydrogen (secondary N) is 1. The van der Waals surface area contributed by atoms with Gasteiger partial charge in [0.1, 0.15) is 0 Å². The Balaban J connectivity index is 2.47. The zero-order valence-electron chi connectivity index (χ0n) is 10.0. The van der Waals surface area contributed by atoms with Crippen LogP contribution in [-0.4, -0.2) is 21.2 Å². The summed E-state index contributed by atoms with van der Waals surface area (Å²) in [5.41, 5.74) is 2.49. The molecule has 0 aromatic heterocycles. The molecule has 16 heavy (non-hydrogen) atoms. The standard InChI is InChI=1S/C12H19NO2S/c1-10-4-6-12(7-5-10)11(2)8-9-13-16(3,14)15/h4-7,11,13H,8-9H2,1-3H3. The van der Waals surface area contributed by atoms with Crippen molar-refractivity contribution in [3.05, 3.63) is 35.4 Å². The summed E-state index contributed by atoms with van der Waals surface area (Å²) in [4.78, 5) is 0. The van der Waals surface area contributed by atoms with E-state index in [1.807, 2.05) is 0 Å². The van der Waals surface area contributed by atoms with Crippen molar-refractivity contribution in [1.82, 2.24) is 4.72 Å². The third-order valence-corrected chi connectivity index (χ3v) is 3.32. The minimum absolute atomic E-state index is 0.370. The van der Waals surface area contributed by atoms with E-state index < -0.39 is 10.0 Å². The summed E-state index contributed by atoms with van der Waals surface area (Å²) in [5, 5.41) is 0. The van der Waals surface area contributed by atoms with Crippen molar-refractivity contribution < 1.29 is 8.42 Å². The molecule has 0 aliphatic carbocycles. The Bertz CT molecular complexity index is 423. The van der Waals surface area contributed by atoms with Gasteiger partial charge < -0.3 is 0 Å². The first-order valence-corrected chi connectivity index (χ1v) is 7.29. The topological polar surface area (TPSA) is 46.2 Å². The zero-order chi connectivity index (χ0) is 12.2. The van der Waals surface area contributed by atoms with Gasteiger partial charge in [-0.2, -0.15) is 0 Å². The van der Waals surface area contributed by atoms with E-state index in [9.17, 15) is 8.42 Å². The number of sulfonamides is 1. The van der Waals surface area contributed by atoms with Crippen molar-refractivity contribution in [1.29, 1.82) is 0 Å². The maximum Gasteiger partial charge on any atom is 0.208 e. The summed E-state index contributed by atoms with van der Waals surface area (Å²) in [6.45, 7) is 4.65. The smallest absolute Gasteiger partial charge is 0.208 e. The lowest BCUT2D eigenvalue weighted by Gasteiger charge is -2.12. The number of hydrogen-bond donors (Lipinski definition) is 1. The van der Waals surface area contributed by atoms with Gasteiger partial charge in [-0.05, 0) is 24.8 Å². The van der Waals surface area contributed by atoms with Gasteiger partial charge >= 0.3 is 0 Å². The molecule has 4 heteroatoms. The van der Waals surface area contributed by atoms with Crippen LogP contribution >= 0.6 is 0 Å². The number of benzene rings is 1. The first-order valence-electron chi connectivity index (χ1n) is 5.39. The van der Waals surface area contributed by atoms with Gasteiger partial charge in [-0.25, -0.2) is 13.1 Å². The Labute approximate surface area is 97.9 Å². The fourth-order valence-electron chi connectivity index (χ4n) is 1.52. The monoisotopic (exact) mass is 241 g/mol. The van der Waals surface area contributed by atoms with E-state index >= 15 is 0 Å². The van der Waals surface area contributed by atoms with E-state index in [1.165, 1.54) is 17.4 Å². The van der Waals surface area contributed by atoms with Crippen LogP contribution in [0, 0.1) is 6.92 Å². The summed E-state index contributed by atoms with van der Waals surface area (Å²) in [6.07, 6.45) is 2.00. The van der Waals surface area contributed by atoms with E-state index in [0.29, 0.717) is 12.5 Å². The molecule has 0 heterocycles. The maximum absolute atomic E-state index is 10.9. The van der Waals surface area contributed by atoms with Crippen molar-refractivity contribution in [2.45, 2.75) is 26.2 Å². The van der Waals surface area contributed by atoms with Crippen LogP contribution in [0.25, 0.3) is 0 Å². The van der Waals surface area contributed by atoms with Gasteiger partial charge in [-0.15, -0.1) is 0 Å². The largest absolute Gasteiger partial charge is 0.215 e. The Morgan fingerprint density at radius 1 is 1.25 bits per heavy atom. The molecule has 90 valence electrons. The molecule has 1 aromatic carbocycles. The summed E-state index contributed by atoms with van der Waals surface area (Å²) in [6, 6.07) is 8.35. The van der Waals surface area contributed by atoms with E-state index in [-0.39, 0.29) is 0 Å². The molecule has 1 N–H and O–H groups in total. The molecule has 1 aromatic rings. The second kappa shape index (κ2) is 5.46. The summed E-state index contributed by atoms with van der Waals surface area (Å²) < 4.78 is 24.3. The van der Waals surface area contributed by atoms with Crippen molar-refractivity contribution in [3.8, 4) is 0 Å². The molecular weight excluding hydrogens is 222 g/mol. The number of hydrogen-bond acceptors (Lipinski definition) is 2. The van der Waals surface area contributed by atoms with Crippen molar-refractivity contribution >= 4 is 10.0 Å². The molecule has 0 spiro atoms. The van der Waals surface area contributed by atoms with Crippen LogP contribution in [0.5, 0.6) is 0 Å². The van der Waals surface area contributed by atoms with Gasteiger partial charge in [0, 0.05) is 6.54 Å². The average molecular weight is 241 g/mol. The third-order valence-electron chi connectivity index (χ3n) is 2.59. The molecule has 0 bridgehead atoms. The molecule has 0 aliphatic rings. The van der Waals surface area contributed by atoms with Crippen molar-refractivity contribution in [3.63, 3.8) is 0 Å².